The molecule has 1 aliphatic carbocycles. The lowest BCUT2D eigenvalue weighted by molar-refractivity contribution is -0.384. The zero-order valence-corrected chi connectivity index (χ0v) is 17.7. The van der Waals surface area contributed by atoms with E-state index in [2.05, 4.69) is 22.1 Å². The van der Waals surface area contributed by atoms with Gasteiger partial charge in [0.1, 0.15) is 0 Å². The van der Waals surface area contributed by atoms with Crippen LogP contribution in [0.4, 0.5) is 23.1 Å². The van der Waals surface area contributed by atoms with Crippen molar-refractivity contribution in [2.75, 3.05) is 23.3 Å². The summed E-state index contributed by atoms with van der Waals surface area (Å²) in [5.41, 5.74) is 2.10. The van der Waals surface area contributed by atoms with E-state index < -0.39 is 4.92 Å². The van der Waals surface area contributed by atoms with Crippen LogP contribution in [-0.4, -0.2) is 37.5 Å². The minimum absolute atomic E-state index is 0.0361. The van der Waals surface area contributed by atoms with Gasteiger partial charge in [0, 0.05) is 37.5 Å². The highest BCUT2D eigenvalue weighted by molar-refractivity contribution is 5.86. The van der Waals surface area contributed by atoms with E-state index in [4.69, 9.17) is 9.97 Å². The molecule has 0 amide bonds. The van der Waals surface area contributed by atoms with Crippen LogP contribution in [0.5, 0.6) is 0 Å². The highest BCUT2D eigenvalue weighted by Crippen LogP contribution is 2.37. The van der Waals surface area contributed by atoms with Crippen molar-refractivity contribution in [2.24, 2.45) is 11.8 Å². The van der Waals surface area contributed by atoms with Gasteiger partial charge in [0.25, 0.3) is 5.69 Å². The number of fused-ring (bicyclic) bond motifs is 2. The van der Waals surface area contributed by atoms with E-state index in [9.17, 15) is 10.1 Å². The fourth-order valence-electron chi connectivity index (χ4n) is 5.01. The number of benzene rings is 1. The van der Waals surface area contributed by atoms with Crippen molar-refractivity contribution in [3.63, 3.8) is 0 Å². The predicted molar refractivity (Wildman–Crippen MR) is 120 cm³/mol. The number of non-ortho nitro benzene ring substituents is 1. The maximum absolute atomic E-state index is 11.2. The van der Waals surface area contributed by atoms with Gasteiger partial charge < -0.3 is 14.8 Å². The van der Waals surface area contributed by atoms with Crippen LogP contribution in [0.3, 0.4) is 0 Å². The molecule has 1 saturated carbocycles. The third kappa shape index (κ3) is 3.80. The first-order chi connectivity index (χ1) is 15.1. The van der Waals surface area contributed by atoms with Crippen LogP contribution in [0, 0.1) is 22.0 Å². The van der Waals surface area contributed by atoms with E-state index >= 15 is 0 Å². The van der Waals surface area contributed by atoms with Crippen molar-refractivity contribution < 1.29 is 4.92 Å². The fourth-order valence-corrected chi connectivity index (χ4v) is 5.01. The lowest BCUT2D eigenvalue weighted by Crippen LogP contribution is -2.42. The number of nitrogens with zero attached hydrogens (tertiary/aromatic N) is 6. The maximum Gasteiger partial charge on any atom is 0.271 e. The van der Waals surface area contributed by atoms with E-state index in [0.29, 0.717) is 28.9 Å². The summed E-state index contributed by atoms with van der Waals surface area (Å²) >= 11 is 0. The maximum atomic E-state index is 11.2. The lowest BCUT2D eigenvalue weighted by Gasteiger charge is -2.41. The highest BCUT2D eigenvalue weighted by Gasteiger charge is 2.32. The minimum Gasteiger partial charge on any atom is -0.340 e. The summed E-state index contributed by atoms with van der Waals surface area (Å²) in [5, 5.41) is 14.4. The number of nitro benzene ring substituents is 1. The number of anilines is 3. The number of piperidine rings is 1. The van der Waals surface area contributed by atoms with Gasteiger partial charge in [0.05, 0.1) is 11.3 Å². The number of nitro groups is 1. The van der Waals surface area contributed by atoms with Crippen molar-refractivity contribution in [2.45, 2.75) is 45.6 Å². The third-order valence-corrected chi connectivity index (χ3v) is 6.69. The van der Waals surface area contributed by atoms with E-state index in [1.54, 1.807) is 18.5 Å². The van der Waals surface area contributed by atoms with Crippen LogP contribution in [0.2, 0.25) is 0 Å². The number of aryl methyl sites for hydroxylation is 1. The molecule has 2 aliphatic rings. The minimum atomic E-state index is -0.397. The first kappa shape index (κ1) is 19.7. The van der Waals surface area contributed by atoms with Gasteiger partial charge in [-0.1, -0.05) is 25.3 Å². The molecule has 162 valence electrons. The van der Waals surface area contributed by atoms with Crippen LogP contribution in [0.15, 0.2) is 30.6 Å². The Labute approximate surface area is 180 Å². The number of aromatic nitrogens is 4. The Kier molecular flexibility index (Phi) is 5.17. The molecule has 3 heterocycles. The Morgan fingerprint density at radius 2 is 2.03 bits per heavy atom. The molecule has 2 atom stereocenters. The van der Waals surface area contributed by atoms with E-state index in [1.165, 1.54) is 44.2 Å². The SMILES string of the molecule is CCn1cnc2c(Nc3cccc([N+](=O)[O-])c3)nc(N3CC[C@@H]4CCCC[C@@H]4C3)nc21. The van der Waals surface area contributed by atoms with Gasteiger partial charge in [-0.3, -0.25) is 10.1 Å². The zero-order valence-electron chi connectivity index (χ0n) is 17.7. The van der Waals surface area contributed by atoms with Gasteiger partial charge >= 0.3 is 0 Å². The van der Waals surface area contributed by atoms with Crippen LogP contribution in [-0.2, 0) is 6.54 Å². The number of rotatable bonds is 5. The fraction of sp³-hybridized carbons (Fsp3) is 0.500. The molecule has 2 aromatic heterocycles. The standard InChI is InChI=1S/C22H27N7O2/c1-2-27-14-23-19-20(24-17-8-5-9-18(12-17)29(30)31)25-22(26-21(19)27)28-11-10-15-6-3-4-7-16(15)13-28/h5,8-9,12,14-16H,2-4,6-7,10-11,13H2,1H3,(H,24,25,26)/t15-,16+/m0/s1. The Morgan fingerprint density at radius 3 is 2.84 bits per heavy atom. The van der Waals surface area contributed by atoms with Crippen molar-refractivity contribution in [3.8, 4) is 0 Å². The Balaban J connectivity index is 1.51. The van der Waals surface area contributed by atoms with Crippen LogP contribution in [0.25, 0.3) is 11.2 Å². The molecule has 9 nitrogen and oxygen atoms in total. The first-order valence-electron chi connectivity index (χ1n) is 11.1. The molecule has 0 bridgehead atoms. The van der Waals surface area contributed by atoms with E-state index in [-0.39, 0.29) is 5.69 Å². The summed E-state index contributed by atoms with van der Waals surface area (Å²) < 4.78 is 2.01. The molecular weight excluding hydrogens is 394 g/mol. The van der Waals surface area contributed by atoms with Crippen molar-refractivity contribution in [3.05, 3.63) is 40.7 Å². The summed E-state index contributed by atoms with van der Waals surface area (Å²) in [4.78, 5) is 27.3. The average Bonchev–Trinajstić information content (AvgIpc) is 3.22. The van der Waals surface area contributed by atoms with Gasteiger partial charge in [0.15, 0.2) is 17.0 Å². The molecule has 5 rings (SSSR count). The molecule has 0 spiro atoms. The van der Waals surface area contributed by atoms with E-state index in [0.717, 1.165) is 31.2 Å². The molecule has 1 aromatic carbocycles. The predicted octanol–water partition coefficient (Wildman–Crippen LogP) is 4.51. The highest BCUT2D eigenvalue weighted by atomic mass is 16.6. The summed E-state index contributed by atoms with van der Waals surface area (Å²) in [6.07, 6.45) is 8.27. The van der Waals surface area contributed by atoms with Crippen LogP contribution < -0.4 is 10.2 Å². The zero-order chi connectivity index (χ0) is 21.4. The van der Waals surface area contributed by atoms with Crippen molar-refractivity contribution >= 4 is 34.3 Å². The van der Waals surface area contributed by atoms with Crippen LogP contribution >= 0.6 is 0 Å². The second-order valence-electron chi connectivity index (χ2n) is 8.55. The molecule has 31 heavy (non-hydrogen) atoms. The van der Waals surface area contributed by atoms with Crippen LogP contribution in [0.1, 0.15) is 39.0 Å². The van der Waals surface area contributed by atoms with Gasteiger partial charge in [-0.25, -0.2) is 4.98 Å². The number of nitrogens with one attached hydrogen (secondary N) is 1. The topological polar surface area (TPSA) is 102 Å². The summed E-state index contributed by atoms with van der Waals surface area (Å²) in [6.45, 7) is 4.77. The number of hydrogen-bond acceptors (Lipinski definition) is 7. The molecule has 2 fully saturated rings. The lowest BCUT2D eigenvalue weighted by atomic mass is 9.75. The first-order valence-corrected chi connectivity index (χ1v) is 11.1. The number of hydrogen-bond donors (Lipinski definition) is 1. The average molecular weight is 422 g/mol. The molecular formula is C22H27N7O2. The van der Waals surface area contributed by atoms with Gasteiger partial charge in [-0.05, 0) is 37.7 Å². The Hall–Kier alpha value is -3.23. The molecule has 1 aliphatic heterocycles. The summed E-state index contributed by atoms with van der Waals surface area (Å²) in [7, 11) is 0. The largest absolute Gasteiger partial charge is 0.340 e. The van der Waals surface area contributed by atoms with Gasteiger partial charge in [-0.15, -0.1) is 0 Å². The summed E-state index contributed by atoms with van der Waals surface area (Å²) in [6, 6.07) is 6.45. The molecule has 0 unspecified atom stereocenters. The molecule has 3 aromatic rings. The molecule has 9 heteroatoms. The van der Waals surface area contributed by atoms with Gasteiger partial charge in [-0.2, -0.15) is 9.97 Å². The second-order valence-corrected chi connectivity index (χ2v) is 8.55. The Morgan fingerprint density at radius 1 is 1.19 bits per heavy atom. The van der Waals surface area contributed by atoms with Gasteiger partial charge in [0.2, 0.25) is 5.95 Å². The van der Waals surface area contributed by atoms with Crippen molar-refractivity contribution in [1.29, 1.82) is 0 Å². The summed E-state index contributed by atoms with van der Waals surface area (Å²) in [5.74, 6) is 2.83. The molecule has 0 radical (unpaired) electrons. The monoisotopic (exact) mass is 421 g/mol. The van der Waals surface area contributed by atoms with Crippen molar-refractivity contribution in [1.82, 2.24) is 19.5 Å². The molecule has 1 N–H and O–H groups in total. The Bertz CT molecular complexity index is 1110. The molecule has 1 saturated heterocycles. The third-order valence-electron chi connectivity index (χ3n) is 6.69. The quantitative estimate of drug-likeness (QED) is 0.477. The smallest absolute Gasteiger partial charge is 0.271 e. The number of imidazole rings is 1. The second kappa shape index (κ2) is 8.13. The normalized spacial score (nSPS) is 21.1. The van der Waals surface area contributed by atoms with E-state index in [1.807, 2.05) is 4.57 Å².